The van der Waals surface area contributed by atoms with E-state index in [1.54, 1.807) is 23.5 Å². The summed E-state index contributed by atoms with van der Waals surface area (Å²) < 4.78 is 0. The van der Waals surface area contributed by atoms with Crippen LogP contribution in [0.2, 0.25) is 0 Å². The van der Waals surface area contributed by atoms with Crippen LogP contribution in [0, 0.1) is 0 Å². The molecule has 86 valence electrons. The fourth-order valence-corrected chi connectivity index (χ4v) is 1.72. The Morgan fingerprint density at radius 3 is 2.56 bits per heavy atom. The van der Waals surface area contributed by atoms with Gasteiger partial charge in [0.2, 0.25) is 11.9 Å². The van der Waals surface area contributed by atoms with Gasteiger partial charge in [0.15, 0.2) is 0 Å². The summed E-state index contributed by atoms with van der Waals surface area (Å²) in [6, 6.07) is 1.74. The minimum Gasteiger partial charge on any atom is -0.314 e. The fourth-order valence-electron chi connectivity index (χ4n) is 1.72. The minimum absolute atomic E-state index is 0.0619. The first kappa shape index (κ1) is 11.0. The van der Waals surface area contributed by atoms with E-state index < -0.39 is 0 Å². The second-order valence-electron chi connectivity index (χ2n) is 3.58. The number of aromatic nitrogens is 2. The Balaban J connectivity index is 2.20. The lowest BCUT2D eigenvalue weighted by atomic mass is 10.4. The zero-order valence-corrected chi connectivity index (χ0v) is 9.26. The monoisotopic (exact) mass is 221 g/mol. The number of nitrogens with one attached hydrogen (secondary N) is 1. The minimum atomic E-state index is -0.0619. The molecule has 0 radical (unpaired) electrons. The molecule has 1 fully saturated rings. The number of piperazine rings is 1. The normalized spacial score (nSPS) is 17.1. The third kappa shape index (κ3) is 2.34. The molecule has 6 heteroatoms. The number of hydrogen-bond donors (Lipinski definition) is 1. The maximum atomic E-state index is 11.6. The van der Waals surface area contributed by atoms with Crippen molar-refractivity contribution >= 4 is 11.9 Å². The summed E-state index contributed by atoms with van der Waals surface area (Å²) in [5.74, 6) is 0.380. The van der Waals surface area contributed by atoms with Crippen molar-refractivity contribution in [1.29, 1.82) is 0 Å². The van der Waals surface area contributed by atoms with Crippen LogP contribution in [0.25, 0.3) is 0 Å². The van der Waals surface area contributed by atoms with E-state index in [9.17, 15) is 4.79 Å². The molecule has 0 spiro atoms. The second kappa shape index (κ2) is 5.00. The number of hydrogen-bond acceptors (Lipinski definition) is 5. The fraction of sp³-hybridized carbons (Fsp3) is 0.500. The van der Waals surface area contributed by atoms with Crippen LogP contribution in [0.3, 0.4) is 0 Å². The van der Waals surface area contributed by atoms with Crippen molar-refractivity contribution in [2.45, 2.75) is 6.92 Å². The van der Waals surface area contributed by atoms with Gasteiger partial charge in [-0.05, 0) is 6.07 Å². The summed E-state index contributed by atoms with van der Waals surface area (Å²) in [4.78, 5) is 19.8. The standard InChI is InChI=1S/C10H15N5O/c1-9(16)15(10-12-3-2-4-13-10)14-7-5-11-6-8-14/h2-4,11H,5-8H2,1H3. The van der Waals surface area contributed by atoms with E-state index in [-0.39, 0.29) is 5.91 Å². The number of rotatable bonds is 2. The zero-order chi connectivity index (χ0) is 11.4. The van der Waals surface area contributed by atoms with Crippen molar-refractivity contribution in [3.63, 3.8) is 0 Å². The van der Waals surface area contributed by atoms with Gasteiger partial charge in [0.25, 0.3) is 0 Å². The molecule has 1 aliphatic rings. The molecule has 0 atom stereocenters. The topological polar surface area (TPSA) is 61.4 Å². The number of amides is 1. The lowest BCUT2D eigenvalue weighted by Gasteiger charge is -2.35. The largest absolute Gasteiger partial charge is 0.314 e. The second-order valence-corrected chi connectivity index (χ2v) is 3.58. The van der Waals surface area contributed by atoms with Crippen LogP contribution in [-0.4, -0.2) is 47.1 Å². The average molecular weight is 221 g/mol. The van der Waals surface area contributed by atoms with E-state index in [4.69, 9.17) is 0 Å². The molecule has 2 heterocycles. The third-order valence-electron chi connectivity index (χ3n) is 2.42. The smallest absolute Gasteiger partial charge is 0.247 e. The Kier molecular flexibility index (Phi) is 3.43. The third-order valence-corrected chi connectivity index (χ3v) is 2.42. The first-order valence-corrected chi connectivity index (χ1v) is 5.32. The highest BCUT2D eigenvalue weighted by molar-refractivity contribution is 5.88. The van der Waals surface area contributed by atoms with Crippen LogP contribution >= 0.6 is 0 Å². The van der Waals surface area contributed by atoms with Crippen molar-refractivity contribution in [2.24, 2.45) is 0 Å². The predicted molar refractivity (Wildman–Crippen MR) is 59.6 cm³/mol. The van der Waals surface area contributed by atoms with E-state index in [1.807, 2.05) is 5.01 Å². The molecule has 0 unspecified atom stereocenters. The summed E-state index contributed by atoms with van der Waals surface area (Å²) in [6.45, 7) is 4.85. The van der Waals surface area contributed by atoms with Gasteiger partial charge in [-0.25, -0.2) is 20.0 Å². The number of hydrazine groups is 1. The maximum absolute atomic E-state index is 11.6. The van der Waals surface area contributed by atoms with E-state index >= 15 is 0 Å². The van der Waals surface area contributed by atoms with Crippen LogP contribution in [0.5, 0.6) is 0 Å². The van der Waals surface area contributed by atoms with Gasteiger partial charge < -0.3 is 5.32 Å². The van der Waals surface area contributed by atoms with E-state index in [0.29, 0.717) is 5.95 Å². The van der Waals surface area contributed by atoms with Crippen LogP contribution in [0.1, 0.15) is 6.92 Å². The highest BCUT2D eigenvalue weighted by atomic mass is 16.2. The Labute approximate surface area is 94.3 Å². The molecule has 1 aromatic heterocycles. The SMILES string of the molecule is CC(=O)N(c1ncccn1)N1CCNCC1. The molecule has 1 aromatic rings. The van der Waals surface area contributed by atoms with E-state index in [2.05, 4.69) is 15.3 Å². The summed E-state index contributed by atoms with van der Waals surface area (Å²) in [6.07, 6.45) is 3.28. The molecular formula is C10H15N5O. The average Bonchev–Trinajstić information content (AvgIpc) is 2.31. The van der Waals surface area contributed by atoms with Gasteiger partial charge in [-0.1, -0.05) is 0 Å². The van der Waals surface area contributed by atoms with Gasteiger partial charge in [-0.2, -0.15) is 0 Å². The van der Waals surface area contributed by atoms with Crippen LogP contribution < -0.4 is 10.3 Å². The molecule has 1 aliphatic heterocycles. The highest BCUT2D eigenvalue weighted by Crippen LogP contribution is 2.10. The summed E-state index contributed by atoms with van der Waals surface area (Å²) in [5, 5.41) is 6.75. The van der Waals surface area contributed by atoms with Crippen LogP contribution in [-0.2, 0) is 4.79 Å². The van der Waals surface area contributed by atoms with Gasteiger partial charge >= 0.3 is 0 Å². The molecule has 1 N–H and O–H groups in total. The maximum Gasteiger partial charge on any atom is 0.247 e. The molecule has 6 nitrogen and oxygen atoms in total. The number of carbonyl (C=O) groups excluding carboxylic acids is 1. The lowest BCUT2D eigenvalue weighted by molar-refractivity contribution is -0.119. The van der Waals surface area contributed by atoms with Gasteiger partial charge in [0.1, 0.15) is 0 Å². The van der Waals surface area contributed by atoms with Crippen molar-refractivity contribution in [3.8, 4) is 0 Å². The quantitative estimate of drug-likeness (QED) is 0.739. The van der Waals surface area contributed by atoms with Crippen molar-refractivity contribution in [3.05, 3.63) is 18.5 Å². The molecule has 0 aromatic carbocycles. The molecule has 2 rings (SSSR count). The first-order chi connectivity index (χ1) is 7.79. The molecule has 0 bridgehead atoms. The Morgan fingerprint density at radius 1 is 1.38 bits per heavy atom. The van der Waals surface area contributed by atoms with Gasteiger partial charge in [-0.3, -0.25) is 4.79 Å². The zero-order valence-electron chi connectivity index (χ0n) is 9.26. The van der Waals surface area contributed by atoms with Gasteiger partial charge in [0, 0.05) is 45.5 Å². The number of nitrogens with zero attached hydrogens (tertiary/aromatic N) is 4. The van der Waals surface area contributed by atoms with Gasteiger partial charge in [0.05, 0.1) is 0 Å². The summed E-state index contributed by atoms with van der Waals surface area (Å²) >= 11 is 0. The van der Waals surface area contributed by atoms with Crippen molar-refractivity contribution in [2.75, 3.05) is 31.2 Å². The lowest BCUT2D eigenvalue weighted by Crippen LogP contribution is -2.54. The molecule has 1 saturated heterocycles. The molecule has 0 saturated carbocycles. The van der Waals surface area contributed by atoms with E-state index in [0.717, 1.165) is 26.2 Å². The summed E-state index contributed by atoms with van der Waals surface area (Å²) in [7, 11) is 0. The Bertz CT molecular complexity index is 349. The van der Waals surface area contributed by atoms with Crippen molar-refractivity contribution < 1.29 is 4.79 Å². The molecule has 16 heavy (non-hydrogen) atoms. The first-order valence-electron chi connectivity index (χ1n) is 5.32. The molecular weight excluding hydrogens is 206 g/mol. The Morgan fingerprint density at radius 2 is 2.00 bits per heavy atom. The van der Waals surface area contributed by atoms with Crippen LogP contribution in [0.15, 0.2) is 18.5 Å². The number of anilines is 1. The Hall–Kier alpha value is -1.53. The van der Waals surface area contributed by atoms with Crippen LogP contribution in [0.4, 0.5) is 5.95 Å². The van der Waals surface area contributed by atoms with Gasteiger partial charge in [-0.15, -0.1) is 0 Å². The predicted octanol–water partition coefficient (Wildman–Crippen LogP) is -0.350. The number of carbonyl (C=O) groups is 1. The van der Waals surface area contributed by atoms with Crippen molar-refractivity contribution in [1.82, 2.24) is 20.3 Å². The highest BCUT2D eigenvalue weighted by Gasteiger charge is 2.23. The molecule has 1 amide bonds. The molecule has 0 aliphatic carbocycles. The summed E-state index contributed by atoms with van der Waals surface area (Å²) in [5.41, 5.74) is 0. The van der Waals surface area contributed by atoms with E-state index in [1.165, 1.54) is 6.92 Å².